The van der Waals surface area contributed by atoms with E-state index in [0.717, 1.165) is 30.3 Å². The molecule has 0 aliphatic rings. The predicted octanol–water partition coefficient (Wildman–Crippen LogP) is 5.67. The lowest BCUT2D eigenvalue weighted by Gasteiger charge is -2.11. The van der Waals surface area contributed by atoms with E-state index < -0.39 is 23.5 Å². The van der Waals surface area contributed by atoms with Gasteiger partial charge in [-0.25, -0.2) is 4.98 Å². The average Bonchev–Trinajstić information content (AvgIpc) is 2.36. The zero-order valence-corrected chi connectivity index (χ0v) is 12.1. The molecule has 2 nitrogen and oxygen atoms in total. The second kappa shape index (κ2) is 5.79. The molecule has 0 amide bonds. The Balaban J connectivity index is 2.19. The molecule has 1 heterocycles. The van der Waals surface area contributed by atoms with E-state index in [0.29, 0.717) is 6.20 Å². The molecule has 0 spiro atoms. The molecular weight excluding hydrogens is 380 g/mol. The number of pyridine rings is 1. The number of aromatic nitrogens is 1. The van der Waals surface area contributed by atoms with E-state index in [9.17, 15) is 26.3 Å². The average molecular weight is 386 g/mol. The molecule has 0 radical (unpaired) electrons. The third-order valence-electron chi connectivity index (χ3n) is 2.53. The van der Waals surface area contributed by atoms with E-state index in [1.165, 1.54) is 0 Å². The molecule has 0 unspecified atom stereocenters. The fraction of sp³-hybridized carbons (Fsp3) is 0.154. The Bertz CT molecular complexity index is 666. The molecule has 1 aromatic heterocycles. The van der Waals surface area contributed by atoms with Crippen LogP contribution in [-0.4, -0.2) is 4.98 Å². The van der Waals surface area contributed by atoms with Gasteiger partial charge in [0, 0.05) is 16.7 Å². The first kappa shape index (κ1) is 16.6. The van der Waals surface area contributed by atoms with E-state index in [-0.39, 0.29) is 16.1 Å². The molecular formula is C13H6BrF6NO. The summed E-state index contributed by atoms with van der Waals surface area (Å²) in [5, 5.41) is 0. The van der Waals surface area contributed by atoms with Crippen LogP contribution < -0.4 is 4.74 Å². The number of benzene rings is 1. The highest BCUT2D eigenvalue weighted by Gasteiger charge is 2.33. The number of hydrogen-bond donors (Lipinski definition) is 0. The Labute approximate surface area is 128 Å². The summed E-state index contributed by atoms with van der Waals surface area (Å²) in [6.45, 7) is 0. The van der Waals surface area contributed by atoms with Crippen LogP contribution in [0.3, 0.4) is 0 Å². The molecule has 118 valence electrons. The number of alkyl halides is 6. The van der Waals surface area contributed by atoms with Crippen LogP contribution in [0.5, 0.6) is 11.6 Å². The Morgan fingerprint density at radius 3 is 2.05 bits per heavy atom. The van der Waals surface area contributed by atoms with Gasteiger partial charge in [0.25, 0.3) is 0 Å². The first-order valence-corrected chi connectivity index (χ1v) is 6.44. The summed E-state index contributed by atoms with van der Waals surface area (Å²) in [6.07, 6.45) is -8.47. The highest BCUT2D eigenvalue weighted by molar-refractivity contribution is 9.10. The molecule has 0 atom stereocenters. The molecule has 0 bridgehead atoms. The monoisotopic (exact) mass is 385 g/mol. The quantitative estimate of drug-likeness (QED) is 0.621. The van der Waals surface area contributed by atoms with Crippen LogP contribution in [0.1, 0.15) is 11.1 Å². The SMILES string of the molecule is FC(F)(F)c1ccc(Oc2ccc(C(F)(F)F)c(Br)c2)nc1. The van der Waals surface area contributed by atoms with Crippen molar-refractivity contribution < 1.29 is 31.1 Å². The molecule has 2 rings (SSSR count). The minimum absolute atomic E-state index is 0.00661. The van der Waals surface area contributed by atoms with Crippen molar-refractivity contribution in [2.24, 2.45) is 0 Å². The standard InChI is InChI=1S/C13H6BrF6NO/c14-10-5-8(2-3-9(10)13(18,19)20)22-11-4-1-7(6-21-11)12(15,16)17/h1-6H. The highest BCUT2D eigenvalue weighted by atomic mass is 79.9. The molecule has 0 saturated heterocycles. The van der Waals surface area contributed by atoms with Crippen molar-refractivity contribution in [1.29, 1.82) is 0 Å². The van der Waals surface area contributed by atoms with Gasteiger partial charge < -0.3 is 4.74 Å². The first-order valence-electron chi connectivity index (χ1n) is 5.65. The molecule has 0 aliphatic carbocycles. The van der Waals surface area contributed by atoms with E-state index in [2.05, 4.69) is 20.9 Å². The van der Waals surface area contributed by atoms with E-state index in [1.54, 1.807) is 0 Å². The summed E-state index contributed by atoms with van der Waals surface area (Å²) in [5.41, 5.74) is -1.84. The summed E-state index contributed by atoms with van der Waals surface area (Å²) in [4.78, 5) is 3.46. The lowest BCUT2D eigenvalue weighted by Crippen LogP contribution is -2.06. The highest BCUT2D eigenvalue weighted by Crippen LogP contribution is 2.37. The molecule has 9 heteroatoms. The van der Waals surface area contributed by atoms with Gasteiger partial charge in [0.2, 0.25) is 5.88 Å². The van der Waals surface area contributed by atoms with Crippen LogP contribution in [0, 0.1) is 0 Å². The van der Waals surface area contributed by atoms with Crippen LogP contribution in [0.2, 0.25) is 0 Å². The van der Waals surface area contributed by atoms with E-state index in [4.69, 9.17) is 4.74 Å². The molecule has 1 aromatic carbocycles. The minimum atomic E-state index is -4.52. The Morgan fingerprint density at radius 1 is 0.909 bits per heavy atom. The number of ether oxygens (including phenoxy) is 1. The predicted molar refractivity (Wildman–Crippen MR) is 68.5 cm³/mol. The van der Waals surface area contributed by atoms with Crippen molar-refractivity contribution in [3.05, 3.63) is 52.1 Å². The van der Waals surface area contributed by atoms with Crippen molar-refractivity contribution in [1.82, 2.24) is 4.98 Å². The van der Waals surface area contributed by atoms with Crippen LogP contribution in [0.25, 0.3) is 0 Å². The summed E-state index contributed by atoms with van der Waals surface area (Å²) in [6, 6.07) is 4.65. The van der Waals surface area contributed by atoms with Gasteiger partial charge >= 0.3 is 12.4 Å². The van der Waals surface area contributed by atoms with Crippen LogP contribution in [0.15, 0.2) is 41.0 Å². The van der Waals surface area contributed by atoms with Crippen LogP contribution in [-0.2, 0) is 12.4 Å². The smallest absolute Gasteiger partial charge is 0.417 e. The number of nitrogens with zero attached hydrogens (tertiary/aromatic N) is 1. The van der Waals surface area contributed by atoms with E-state index in [1.807, 2.05) is 0 Å². The number of hydrogen-bond acceptors (Lipinski definition) is 2. The summed E-state index contributed by atoms with van der Waals surface area (Å²) >= 11 is 2.76. The van der Waals surface area contributed by atoms with Crippen LogP contribution in [0.4, 0.5) is 26.3 Å². The van der Waals surface area contributed by atoms with Gasteiger partial charge in [0.05, 0.1) is 11.1 Å². The molecule has 0 saturated carbocycles. The largest absolute Gasteiger partial charge is 0.439 e. The fourth-order valence-corrected chi connectivity index (χ4v) is 2.10. The number of halogens is 7. The number of rotatable bonds is 2. The summed E-state index contributed by atoms with van der Waals surface area (Å²) in [7, 11) is 0. The molecule has 0 aliphatic heterocycles. The third kappa shape index (κ3) is 3.90. The van der Waals surface area contributed by atoms with Gasteiger partial charge in [-0.2, -0.15) is 26.3 Å². The molecule has 0 fully saturated rings. The Hall–Kier alpha value is -1.77. The zero-order chi connectivity index (χ0) is 16.5. The fourth-order valence-electron chi connectivity index (χ4n) is 1.52. The second-order valence-electron chi connectivity index (χ2n) is 4.12. The molecule has 0 N–H and O–H groups in total. The maximum Gasteiger partial charge on any atom is 0.417 e. The lowest BCUT2D eigenvalue weighted by molar-refractivity contribution is -0.138. The van der Waals surface area contributed by atoms with E-state index >= 15 is 0 Å². The topological polar surface area (TPSA) is 22.1 Å². The Morgan fingerprint density at radius 2 is 1.59 bits per heavy atom. The maximum atomic E-state index is 12.6. The first-order chi connectivity index (χ1) is 10.1. The van der Waals surface area contributed by atoms with Crippen molar-refractivity contribution in [2.45, 2.75) is 12.4 Å². The normalized spacial score (nSPS) is 12.3. The van der Waals surface area contributed by atoms with Gasteiger partial charge in [0.1, 0.15) is 5.75 Å². The maximum absolute atomic E-state index is 12.6. The van der Waals surface area contributed by atoms with Gasteiger partial charge in [-0.05, 0) is 24.3 Å². The molecule has 22 heavy (non-hydrogen) atoms. The second-order valence-corrected chi connectivity index (χ2v) is 4.98. The Kier molecular flexibility index (Phi) is 4.37. The zero-order valence-electron chi connectivity index (χ0n) is 10.5. The van der Waals surface area contributed by atoms with Gasteiger partial charge in [-0.1, -0.05) is 15.9 Å². The van der Waals surface area contributed by atoms with Gasteiger partial charge in [0.15, 0.2) is 0 Å². The molecule has 2 aromatic rings. The third-order valence-corrected chi connectivity index (χ3v) is 3.19. The van der Waals surface area contributed by atoms with Gasteiger partial charge in [-0.3, -0.25) is 0 Å². The summed E-state index contributed by atoms with van der Waals surface area (Å²) < 4.78 is 79.7. The van der Waals surface area contributed by atoms with Gasteiger partial charge in [-0.15, -0.1) is 0 Å². The van der Waals surface area contributed by atoms with Crippen molar-refractivity contribution in [3.63, 3.8) is 0 Å². The lowest BCUT2D eigenvalue weighted by atomic mass is 10.2. The van der Waals surface area contributed by atoms with Crippen LogP contribution >= 0.6 is 15.9 Å². The van der Waals surface area contributed by atoms with Crippen molar-refractivity contribution in [3.8, 4) is 11.6 Å². The van der Waals surface area contributed by atoms with Crippen molar-refractivity contribution in [2.75, 3.05) is 0 Å². The minimum Gasteiger partial charge on any atom is -0.439 e. The van der Waals surface area contributed by atoms with Crippen molar-refractivity contribution >= 4 is 15.9 Å². The summed E-state index contributed by atoms with van der Waals surface area (Å²) in [5.74, 6) is -0.160.